The standard InChI is InChI=1S/C26H21F2N5O4/c1-14-2-3-16(7-19(14)27)11-30-26(36)22-9-21(32-24-20(28)12-31-33(22)24)25(35)29-10-15-4-5-23-17(6-15)8-18(34)13-37-23/h2-7,9,12H,8,10-11,13H2,1H3,(H,29,35)(H,30,36). The molecule has 0 saturated carbocycles. The molecule has 37 heavy (non-hydrogen) atoms. The first-order chi connectivity index (χ1) is 17.8. The van der Waals surface area contributed by atoms with E-state index >= 15 is 0 Å². The van der Waals surface area contributed by atoms with E-state index in [1.54, 1.807) is 37.3 Å². The Balaban J connectivity index is 1.34. The van der Waals surface area contributed by atoms with Crippen LogP contribution in [0.25, 0.3) is 5.65 Å². The second kappa shape index (κ2) is 9.76. The Morgan fingerprint density at radius 3 is 2.51 bits per heavy atom. The lowest BCUT2D eigenvalue weighted by Crippen LogP contribution is -2.28. The lowest BCUT2D eigenvalue weighted by atomic mass is 10.0. The van der Waals surface area contributed by atoms with Gasteiger partial charge in [0.05, 0.1) is 6.20 Å². The number of Topliss-reactive ketones (excluding diaryl/α,β-unsaturated/α-hetero) is 1. The van der Waals surface area contributed by atoms with Crippen LogP contribution in [0, 0.1) is 18.6 Å². The highest BCUT2D eigenvalue weighted by atomic mass is 19.1. The quantitative estimate of drug-likeness (QED) is 0.417. The number of benzene rings is 2. The normalized spacial score (nSPS) is 12.7. The van der Waals surface area contributed by atoms with Crippen LogP contribution in [0.2, 0.25) is 0 Å². The first-order valence-corrected chi connectivity index (χ1v) is 11.4. The number of rotatable bonds is 6. The molecule has 0 atom stereocenters. The number of carbonyl (C=O) groups is 3. The van der Waals surface area contributed by atoms with Crippen LogP contribution in [0.1, 0.15) is 43.2 Å². The van der Waals surface area contributed by atoms with Crippen molar-refractivity contribution in [3.63, 3.8) is 0 Å². The van der Waals surface area contributed by atoms with Crippen molar-refractivity contribution in [1.82, 2.24) is 25.2 Å². The number of ether oxygens (including phenoxy) is 1. The molecule has 1 aliphatic heterocycles. The smallest absolute Gasteiger partial charge is 0.270 e. The zero-order valence-corrected chi connectivity index (χ0v) is 19.7. The summed E-state index contributed by atoms with van der Waals surface area (Å²) < 4.78 is 34.5. The van der Waals surface area contributed by atoms with E-state index in [0.29, 0.717) is 16.9 Å². The predicted octanol–water partition coefficient (Wildman–Crippen LogP) is 2.68. The molecule has 0 spiro atoms. The summed E-state index contributed by atoms with van der Waals surface area (Å²) in [6.45, 7) is 1.79. The summed E-state index contributed by atoms with van der Waals surface area (Å²) >= 11 is 0. The van der Waals surface area contributed by atoms with Gasteiger partial charge in [0.25, 0.3) is 11.8 Å². The van der Waals surface area contributed by atoms with E-state index in [-0.39, 0.29) is 48.9 Å². The van der Waals surface area contributed by atoms with Crippen molar-refractivity contribution in [2.75, 3.05) is 6.61 Å². The monoisotopic (exact) mass is 505 g/mol. The van der Waals surface area contributed by atoms with Crippen LogP contribution in [-0.4, -0.2) is 38.8 Å². The summed E-state index contributed by atoms with van der Waals surface area (Å²) in [5.41, 5.74) is 1.88. The Morgan fingerprint density at radius 2 is 1.73 bits per heavy atom. The molecule has 0 bridgehead atoms. The zero-order chi connectivity index (χ0) is 26.1. The van der Waals surface area contributed by atoms with Crippen LogP contribution in [-0.2, 0) is 24.3 Å². The maximum absolute atomic E-state index is 14.3. The van der Waals surface area contributed by atoms with Crippen molar-refractivity contribution in [1.29, 1.82) is 0 Å². The number of halogens is 2. The molecule has 0 unspecified atom stereocenters. The first kappa shape index (κ1) is 24.0. The molecule has 11 heteroatoms. The number of aromatic nitrogens is 3. The Labute approximate surface area is 209 Å². The minimum atomic E-state index is -0.802. The number of hydrogen-bond donors (Lipinski definition) is 2. The number of nitrogens with one attached hydrogen (secondary N) is 2. The summed E-state index contributed by atoms with van der Waals surface area (Å²) in [6, 6.07) is 11.1. The number of aryl methyl sites for hydroxylation is 1. The minimum absolute atomic E-state index is 0.00960. The molecule has 2 aromatic heterocycles. The molecular formula is C26H21F2N5O4. The van der Waals surface area contributed by atoms with E-state index < -0.39 is 23.4 Å². The first-order valence-electron chi connectivity index (χ1n) is 11.4. The van der Waals surface area contributed by atoms with Gasteiger partial charge in [-0.15, -0.1) is 0 Å². The van der Waals surface area contributed by atoms with E-state index in [4.69, 9.17) is 4.74 Å². The molecule has 188 valence electrons. The summed E-state index contributed by atoms with van der Waals surface area (Å²) in [5.74, 6) is -1.89. The number of carbonyl (C=O) groups excluding carboxylic acids is 3. The van der Waals surface area contributed by atoms with E-state index in [9.17, 15) is 23.2 Å². The van der Waals surface area contributed by atoms with Gasteiger partial charge in [-0.1, -0.05) is 18.2 Å². The molecule has 3 heterocycles. The third-order valence-electron chi connectivity index (χ3n) is 5.94. The topological polar surface area (TPSA) is 115 Å². The van der Waals surface area contributed by atoms with E-state index in [2.05, 4.69) is 20.7 Å². The molecule has 2 amide bonds. The van der Waals surface area contributed by atoms with Gasteiger partial charge in [-0.05, 0) is 41.8 Å². The summed E-state index contributed by atoms with van der Waals surface area (Å²) in [6.07, 6.45) is 1.15. The van der Waals surface area contributed by atoms with Gasteiger partial charge < -0.3 is 15.4 Å². The molecule has 0 aliphatic carbocycles. The highest BCUT2D eigenvalue weighted by molar-refractivity contribution is 5.98. The fourth-order valence-electron chi connectivity index (χ4n) is 3.95. The van der Waals surface area contributed by atoms with Crippen LogP contribution >= 0.6 is 0 Å². The molecule has 2 N–H and O–H groups in total. The van der Waals surface area contributed by atoms with Gasteiger partial charge >= 0.3 is 0 Å². The predicted molar refractivity (Wildman–Crippen MR) is 127 cm³/mol. The van der Waals surface area contributed by atoms with Gasteiger partial charge in [-0.2, -0.15) is 5.10 Å². The van der Waals surface area contributed by atoms with E-state index in [0.717, 1.165) is 21.8 Å². The Morgan fingerprint density at radius 1 is 1.00 bits per heavy atom. The minimum Gasteiger partial charge on any atom is -0.486 e. The second-order valence-corrected chi connectivity index (χ2v) is 8.65. The van der Waals surface area contributed by atoms with Crippen molar-refractivity contribution in [2.24, 2.45) is 0 Å². The van der Waals surface area contributed by atoms with Crippen LogP contribution in [0.4, 0.5) is 8.78 Å². The molecule has 0 radical (unpaired) electrons. The van der Waals surface area contributed by atoms with Gasteiger partial charge in [0.15, 0.2) is 17.2 Å². The number of fused-ring (bicyclic) bond motifs is 2. The molecule has 0 saturated heterocycles. The number of nitrogens with zero attached hydrogens (tertiary/aromatic N) is 3. The lowest BCUT2D eigenvalue weighted by molar-refractivity contribution is -0.121. The molecular weight excluding hydrogens is 484 g/mol. The average Bonchev–Trinajstić information content (AvgIpc) is 3.27. The fourth-order valence-corrected chi connectivity index (χ4v) is 3.95. The lowest BCUT2D eigenvalue weighted by Gasteiger charge is -2.17. The number of hydrogen-bond acceptors (Lipinski definition) is 6. The maximum Gasteiger partial charge on any atom is 0.270 e. The third kappa shape index (κ3) is 5.01. The SMILES string of the molecule is Cc1ccc(CNC(=O)c2cc(C(=O)NCc3ccc4c(c3)CC(=O)CO4)nc3c(F)cnn23)cc1F. The van der Waals surface area contributed by atoms with Gasteiger partial charge in [0.2, 0.25) is 0 Å². The second-order valence-electron chi connectivity index (χ2n) is 8.65. The largest absolute Gasteiger partial charge is 0.486 e. The van der Waals surface area contributed by atoms with Crippen molar-refractivity contribution in [3.8, 4) is 5.75 Å². The van der Waals surface area contributed by atoms with Crippen LogP contribution in [0.5, 0.6) is 5.75 Å². The molecule has 9 nitrogen and oxygen atoms in total. The summed E-state index contributed by atoms with van der Waals surface area (Å²) in [4.78, 5) is 41.5. The zero-order valence-electron chi connectivity index (χ0n) is 19.7. The number of amides is 2. The highest BCUT2D eigenvalue weighted by Gasteiger charge is 2.21. The maximum atomic E-state index is 14.3. The van der Waals surface area contributed by atoms with E-state index in [1.807, 2.05) is 0 Å². The van der Waals surface area contributed by atoms with Gasteiger partial charge in [-0.3, -0.25) is 14.4 Å². The van der Waals surface area contributed by atoms with Gasteiger partial charge in [0.1, 0.15) is 29.6 Å². The van der Waals surface area contributed by atoms with Crippen molar-refractivity contribution in [3.05, 3.63) is 93.9 Å². The molecule has 4 aromatic rings. The van der Waals surface area contributed by atoms with Crippen LogP contribution in [0.15, 0.2) is 48.7 Å². The molecule has 2 aromatic carbocycles. The van der Waals surface area contributed by atoms with Gasteiger partial charge in [-0.25, -0.2) is 18.3 Å². The van der Waals surface area contributed by atoms with Gasteiger partial charge in [0, 0.05) is 31.1 Å². The number of ketones is 1. The fraction of sp³-hybridized carbons (Fsp3) is 0.192. The summed E-state index contributed by atoms with van der Waals surface area (Å²) in [7, 11) is 0. The molecule has 5 rings (SSSR count). The van der Waals surface area contributed by atoms with Crippen molar-refractivity contribution >= 4 is 23.2 Å². The summed E-state index contributed by atoms with van der Waals surface area (Å²) in [5, 5.41) is 9.17. The average molecular weight is 505 g/mol. The van der Waals surface area contributed by atoms with E-state index in [1.165, 1.54) is 12.1 Å². The molecule has 0 fully saturated rings. The highest BCUT2D eigenvalue weighted by Crippen LogP contribution is 2.24. The molecule has 1 aliphatic rings. The Bertz CT molecular complexity index is 1570. The Kier molecular flexibility index (Phi) is 6.34. The van der Waals surface area contributed by atoms with Crippen LogP contribution < -0.4 is 15.4 Å². The third-order valence-corrected chi connectivity index (χ3v) is 5.94. The Hall–Kier alpha value is -4.67. The van der Waals surface area contributed by atoms with Crippen molar-refractivity contribution < 1.29 is 27.9 Å². The van der Waals surface area contributed by atoms with Crippen molar-refractivity contribution in [2.45, 2.75) is 26.4 Å². The van der Waals surface area contributed by atoms with Crippen LogP contribution in [0.3, 0.4) is 0 Å².